The van der Waals surface area contributed by atoms with Gasteiger partial charge < -0.3 is 14.7 Å². The van der Waals surface area contributed by atoms with E-state index < -0.39 is 61.6 Å². The zero-order chi connectivity index (χ0) is 24.9. The third kappa shape index (κ3) is 6.35. The summed E-state index contributed by atoms with van der Waals surface area (Å²) >= 11 is 0. The van der Waals surface area contributed by atoms with Gasteiger partial charge in [0.15, 0.2) is 11.4 Å². The van der Waals surface area contributed by atoms with Crippen LogP contribution in [-0.4, -0.2) is 50.3 Å². The highest BCUT2D eigenvalue weighted by Gasteiger charge is 2.52. The normalized spacial score (nSPS) is 24.1. The Balaban J connectivity index is 1.56. The molecule has 1 fully saturated rings. The minimum atomic E-state index is -4.54. The van der Waals surface area contributed by atoms with Crippen LogP contribution in [0.1, 0.15) is 38.0 Å². The van der Waals surface area contributed by atoms with E-state index in [9.17, 15) is 33.3 Å². The lowest BCUT2D eigenvalue weighted by atomic mass is 9.91. The molecule has 1 aromatic heterocycles. The minimum Gasteiger partial charge on any atom is -0.379 e. The summed E-state index contributed by atoms with van der Waals surface area (Å²) < 4.78 is 41.9. The molecule has 13 heteroatoms. The zero-order valence-corrected chi connectivity index (χ0v) is 19.3. The number of halogens is 1. The van der Waals surface area contributed by atoms with E-state index >= 15 is 0 Å². The first-order chi connectivity index (χ1) is 16.0. The molecule has 3 rings (SSSR count). The number of ketones is 1. The van der Waals surface area contributed by atoms with E-state index in [2.05, 4.69) is 0 Å². The number of aryl methyl sites for hydroxylation is 1. The fourth-order valence-electron chi connectivity index (χ4n) is 3.59. The number of aromatic nitrogens is 2. The van der Waals surface area contributed by atoms with Gasteiger partial charge in [-0.3, -0.25) is 28.2 Å². The Morgan fingerprint density at radius 2 is 2.00 bits per heavy atom. The SMILES string of the molecule is CC(=O)[C@]1(O)C[C@H](n2cc(F)c(=O)[nH]c2=O)O[C@@H]1COP(=O)(O)OCCCCc1ccccc1. The number of hydrogen-bond acceptors (Lipinski definition) is 8. The summed E-state index contributed by atoms with van der Waals surface area (Å²) in [5.41, 5.74) is -3.31. The van der Waals surface area contributed by atoms with Crippen molar-refractivity contribution in [3.8, 4) is 0 Å². The summed E-state index contributed by atoms with van der Waals surface area (Å²) in [7, 11) is -4.54. The maximum Gasteiger partial charge on any atom is 0.472 e. The Bertz CT molecular complexity index is 1170. The molecule has 11 nitrogen and oxygen atoms in total. The standard InChI is InChI=1S/C21H26FN2O9P/c1-14(25)21(28)11-18(24-12-16(22)19(26)23-20(24)27)33-17(21)13-32-34(29,30)31-10-6-5-9-15-7-3-2-4-8-15/h2-4,7-8,12,17-18,28H,5-6,9-11,13H2,1H3,(H,29,30)(H,23,26,27)/t17-,18-,21-/m1/s1. The number of benzene rings is 1. The Morgan fingerprint density at radius 1 is 1.29 bits per heavy atom. The number of aromatic amines is 1. The molecule has 0 bridgehead atoms. The van der Waals surface area contributed by atoms with Crippen molar-refractivity contribution in [2.45, 2.75) is 50.5 Å². The molecular formula is C21H26FN2O9P. The molecule has 1 aliphatic rings. The van der Waals surface area contributed by atoms with E-state index in [0.29, 0.717) is 23.6 Å². The summed E-state index contributed by atoms with van der Waals surface area (Å²) in [6.07, 6.45) is -0.705. The maximum absolute atomic E-state index is 13.6. The smallest absolute Gasteiger partial charge is 0.379 e. The van der Waals surface area contributed by atoms with Gasteiger partial charge in [-0.05, 0) is 31.7 Å². The first-order valence-corrected chi connectivity index (χ1v) is 12.1. The number of nitrogens with zero attached hydrogens (tertiary/aromatic N) is 1. The summed E-state index contributed by atoms with van der Waals surface area (Å²) in [5, 5.41) is 10.8. The van der Waals surface area contributed by atoms with Gasteiger partial charge in [0.05, 0.1) is 19.4 Å². The van der Waals surface area contributed by atoms with Crippen LogP contribution in [0.25, 0.3) is 0 Å². The van der Waals surface area contributed by atoms with E-state index in [1.54, 1.807) is 4.98 Å². The monoisotopic (exact) mass is 500 g/mol. The van der Waals surface area contributed by atoms with Crippen molar-refractivity contribution in [2.75, 3.05) is 13.2 Å². The first kappa shape index (κ1) is 26.1. The van der Waals surface area contributed by atoms with Crippen LogP contribution < -0.4 is 11.2 Å². The van der Waals surface area contributed by atoms with Gasteiger partial charge in [0.25, 0.3) is 5.56 Å². The van der Waals surface area contributed by atoms with E-state index in [0.717, 1.165) is 18.9 Å². The van der Waals surface area contributed by atoms with Crippen molar-refractivity contribution in [1.82, 2.24) is 9.55 Å². The lowest BCUT2D eigenvalue weighted by Crippen LogP contribution is -2.47. The van der Waals surface area contributed by atoms with E-state index in [4.69, 9.17) is 13.8 Å². The van der Waals surface area contributed by atoms with E-state index in [1.807, 2.05) is 30.3 Å². The number of rotatable bonds is 11. The van der Waals surface area contributed by atoms with Crippen LogP contribution in [0.3, 0.4) is 0 Å². The Kier molecular flexibility index (Phi) is 8.34. The van der Waals surface area contributed by atoms with Crippen LogP contribution in [0.15, 0.2) is 46.1 Å². The van der Waals surface area contributed by atoms with Gasteiger partial charge in [-0.1, -0.05) is 30.3 Å². The molecule has 186 valence electrons. The Hall–Kier alpha value is -2.47. The van der Waals surface area contributed by atoms with Gasteiger partial charge in [0.2, 0.25) is 5.82 Å². The van der Waals surface area contributed by atoms with Gasteiger partial charge >= 0.3 is 13.5 Å². The summed E-state index contributed by atoms with van der Waals surface area (Å²) in [6, 6.07) is 9.70. The fourth-order valence-corrected chi connectivity index (χ4v) is 4.35. The van der Waals surface area contributed by atoms with Crippen LogP contribution >= 0.6 is 7.82 Å². The third-order valence-corrected chi connectivity index (χ3v) is 6.51. The van der Waals surface area contributed by atoms with Crippen LogP contribution in [0.2, 0.25) is 0 Å². The third-order valence-electron chi connectivity index (χ3n) is 5.53. The molecule has 3 N–H and O–H groups in total. The number of carbonyl (C=O) groups excluding carboxylic acids is 1. The summed E-state index contributed by atoms with van der Waals surface area (Å²) in [4.78, 5) is 47.0. The molecule has 0 amide bonds. The molecule has 2 heterocycles. The number of phosphoric acid groups is 1. The highest BCUT2D eigenvalue weighted by molar-refractivity contribution is 7.47. The largest absolute Gasteiger partial charge is 0.472 e. The van der Waals surface area contributed by atoms with Crippen LogP contribution in [0, 0.1) is 5.82 Å². The molecule has 1 aromatic carbocycles. The highest BCUT2D eigenvalue weighted by atomic mass is 31.2. The van der Waals surface area contributed by atoms with Gasteiger partial charge in [-0.15, -0.1) is 0 Å². The van der Waals surface area contributed by atoms with Gasteiger partial charge in [-0.25, -0.2) is 9.36 Å². The lowest BCUT2D eigenvalue weighted by Gasteiger charge is -2.25. The fraction of sp³-hybridized carbons (Fsp3) is 0.476. The number of H-pyrrole nitrogens is 1. The predicted octanol–water partition coefficient (Wildman–Crippen LogP) is 1.44. The maximum atomic E-state index is 13.6. The lowest BCUT2D eigenvalue weighted by molar-refractivity contribution is -0.144. The zero-order valence-electron chi connectivity index (χ0n) is 18.4. The van der Waals surface area contributed by atoms with Crippen LogP contribution in [0.4, 0.5) is 4.39 Å². The molecule has 1 unspecified atom stereocenters. The number of ether oxygens (including phenoxy) is 1. The van der Waals surface area contributed by atoms with Crippen LogP contribution in [0.5, 0.6) is 0 Å². The summed E-state index contributed by atoms with van der Waals surface area (Å²) in [5.74, 6) is -2.02. The van der Waals surface area contributed by atoms with Gasteiger partial charge in [0.1, 0.15) is 12.3 Å². The van der Waals surface area contributed by atoms with Crippen molar-refractivity contribution in [1.29, 1.82) is 0 Å². The second-order valence-electron chi connectivity index (χ2n) is 7.95. The van der Waals surface area contributed by atoms with Crippen molar-refractivity contribution in [3.05, 3.63) is 68.7 Å². The number of phosphoric ester groups is 1. The average Bonchev–Trinajstić information content (AvgIpc) is 3.13. The summed E-state index contributed by atoms with van der Waals surface area (Å²) in [6.45, 7) is 0.291. The average molecular weight is 500 g/mol. The Labute approximate surface area is 193 Å². The van der Waals surface area contributed by atoms with E-state index in [-0.39, 0.29) is 6.61 Å². The number of carbonyl (C=O) groups is 1. The second-order valence-corrected chi connectivity index (χ2v) is 9.40. The number of nitrogens with one attached hydrogen (secondary N) is 1. The van der Waals surface area contributed by atoms with Gasteiger partial charge in [-0.2, -0.15) is 4.39 Å². The van der Waals surface area contributed by atoms with Gasteiger partial charge in [0, 0.05) is 6.42 Å². The molecule has 0 aliphatic carbocycles. The molecule has 2 aromatic rings. The molecule has 4 atom stereocenters. The quantitative estimate of drug-likeness (QED) is 0.307. The van der Waals surface area contributed by atoms with Crippen LogP contribution in [-0.2, 0) is 29.6 Å². The van der Waals surface area contributed by atoms with Crippen molar-refractivity contribution in [2.24, 2.45) is 0 Å². The Morgan fingerprint density at radius 3 is 2.68 bits per heavy atom. The molecule has 0 spiro atoms. The molecule has 1 saturated heterocycles. The molecule has 1 aliphatic heterocycles. The predicted molar refractivity (Wildman–Crippen MR) is 117 cm³/mol. The molecule has 34 heavy (non-hydrogen) atoms. The first-order valence-electron chi connectivity index (χ1n) is 10.6. The highest BCUT2D eigenvalue weighted by Crippen LogP contribution is 2.46. The van der Waals surface area contributed by atoms with Crippen molar-refractivity contribution in [3.63, 3.8) is 0 Å². The van der Waals surface area contributed by atoms with E-state index in [1.165, 1.54) is 0 Å². The molecular weight excluding hydrogens is 474 g/mol. The topological polar surface area (TPSA) is 157 Å². The number of unbranched alkanes of at least 4 members (excludes halogenated alkanes) is 1. The molecule has 0 saturated carbocycles. The minimum absolute atomic E-state index is 0.0578. The van der Waals surface area contributed by atoms with Crippen molar-refractivity contribution >= 4 is 13.6 Å². The molecule has 0 radical (unpaired) electrons. The number of hydrogen-bond donors (Lipinski definition) is 3. The second kappa shape index (κ2) is 10.9. The van der Waals surface area contributed by atoms with Crippen molar-refractivity contribution < 1.29 is 37.5 Å². The number of Topliss-reactive ketones (excluding diaryl/α,β-unsaturated/α-hetero) is 1. The number of aliphatic hydroxyl groups is 1.